The number of carbonyl (C=O) groups excluding carboxylic acids is 1. The van der Waals surface area contributed by atoms with Gasteiger partial charge in [-0.05, 0) is 18.9 Å². The van der Waals surface area contributed by atoms with Crippen LogP contribution in [0.4, 0.5) is 0 Å². The minimum Gasteiger partial charge on any atom is -0.395 e. The second-order valence-electron chi connectivity index (χ2n) is 4.78. The number of β-amino-alcohol motifs (C(OH)–C–C–N with tert-alkyl or cyclic N) is 1. The number of nitrogens with zero attached hydrogens (tertiary/aromatic N) is 2. The lowest BCUT2D eigenvalue weighted by Crippen LogP contribution is -2.42. The molecular weight excluding hydrogens is 256 g/mol. The quantitative estimate of drug-likeness (QED) is 0.766. The SMILES string of the molecule is O=C(c1cncc(C#CCCO)c1)N1CCCC(O)C1. The zero-order valence-corrected chi connectivity index (χ0v) is 11.2. The molecule has 2 rings (SSSR count). The maximum absolute atomic E-state index is 12.3. The van der Waals surface area contributed by atoms with Crippen LogP contribution in [0.5, 0.6) is 0 Å². The fourth-order valence-electron chi connectivity index (χ4n) is 2.17. The Bertz CT molecular complexity index is 533. The number of aliphatic hydroxyl groups excluding tert-OH is 2. The van der Waals surface area contributed by atoms with Gasteiger partial charge in [-0.2, -0.15) is 0 Å². The van der Waals surface area contributed by atoms with E-state index in [-0.39, 0.29) is 12.5 Å². The Balaban J connectivity index is 2.10. The Hall–Kier alpha value is -1.90. The van der Waals surface area contributed by atoms with Crippen molar-refractivity contribution < 1.29 is 15.0 Å². The average molecular weight is 274 g/mol. The molecule has 1 aliphatic heterocycles. The van der Waals surface area contributed by atoms with Crippen LogP contribution in [0.25, 0.3) is 0 Å². The molecule has 0 radical (unpaired) electrons. The molecule has 0 aliphatic carbocycles. The number of pyridine rings is 1. The van der Waals surface area contributed by atoms with Crippen molar-refractivity contribution in [1.29, 1.82) is 0 Å². The molecule has 5 nitrogen and oxygen atoms in total. The van der Waals surface area contributed by atoms with Crippen molar-refractivity contribution in [3.63, 3.8) is 0 Å². The van der Waals surface area contributed by atoms with Gasteiger partial charge in [0.25, 0.3) is 5.91 Å². The third-order valence-electron chi connectivity index (χ3n) is 3.14. The molecule has 5 heteroatoms. The van der Waals surface area contributed by atoms with Crippen molar-refractivity contribution in [2.75, 3.05) is 19.7 Å². The second kappa shape index (κ2) is 7.04. The van der Waals surface area contributed by atoms with Crippen molar-refractivity contribution in [2.45, 2.75) is 25.4 Å². The Kier molecular flexibility index (Phi) is 5.10. The maximum Gasteiger partial charge on any atom is 0.255 e. The molecule has 2 heterocycles. The van der Waals surface area contributed by atoms with Crippen molar-refractivity contribution in [2.24, 2.45) is 0 Å². The van der Waals surface area contributed by atoms with Gasteiger partial charge in [-0.25, -0.2) is 0 Å². The normalized spacial score (nSPS) is 18.3. The highest BCUT2D eigenvalue weighted by Gasteiger charge is 2.23. The number of hydrogen-bond donors (Lipinski definition) is 2. The predicted molar refractivity (Wildman–Crippen MR) is 74.0 cm³/mol. The number of rotatable bonds is 2. The van der Waals surface area contributed by atoms with Gasteiger partial charge >= 0.3 is 0 Å². The Morgan fingerprint density at radius 3 is 3.10 bits per heavy atom. The van der Waals surface area contributed by atoms with E-state index < -0.39 is 6.10 Å². The van der Waals surface area contributed by atoms with Gasteiger partial charge in [0.15, 0.2) is 0 Å². The van der Waals surface area contributed by atoms with Gasteiger partial charge in [0, 0.05) is 37.5 Å². The second-order valence-corrected chi connectivity index (χ2v) is 4.78. The van der Waals surface area contributed by atoms with E-state index in [1.54, 1.807) is 17.2 Å². The van der Waals surface area contributed by atoms with Crippen LogP contribution in [0.3, 0.4) is 0 Å². The highest BCUT2D eigenvalue weighted by Crippen LogP contribution is 2.14. The van der Waals surface area contributed by atoms with Gasteiger partial charge in [0.2, 0.25) is 0 Å². The third-order valence-corrected chi connectivity index (χ3v) is 3.14. The van der Waals surface area contributed by atoms with Gasteiger partial charge in [-0.1, -0.05) is 11.8 Å². The molecule has 1 saturated heterocycles. The average Bonchev–Trinajstić information content (AvgIpc) is 2.47. The van der Waals surface area contributed by atoms with Gasteiger partial charge < -0.3 is 15.1 Å². The van der Waals surface area contributed by atoms with Crippen LogP contribution in [0.15, 0.2) is 18.5 Å². The highest BCUT2D eigenvalue weighted by molar-refractivity contribution is 5.94. The van der Waals surface area contributed by atoms with E-state index in [0.29, 0.717) is 30.6 Å². The van der Waals surface area contributed by atoms with Crippen molar-refractivity contribution in [3.05, 3.63) is 29.6 Å². The first-order valence-electron chi connectivity index (χ1n) is 6.73. The largest absolute Gasteiger partial charge is 0.395 e. The van der Waals surface area contributed by atoms with E-state index in [1.807, 2.05) is 0 Å². The Labute approximate surface area is 118 Å². The number of aromatic nitrogens is 1. The summed E-state index contributed by atoms with van der Waals surface area (Å²) in [5, 5.41) is 18.3. The summed E-state index contributed by atoms with van der Waals surface area (Å²) in [5.74, 6) is 5.54. The van der Waals surface area contributed by atoms with Crippen LogP contribution >= 0.6 is 0 Å². The minimum absolute atomic E-state index is 0.0186. The van der Waals surface area contributed by atoms with Gasteiger partial charge in [0.05, 0.1) is 18.3 Å². The fraction of sp³-hybridized carbons (Fsp3) is 0.467. The molecule has 1 aromatic heterocycles. The summed E-state index contributed by atoms with van der Waals surface area (Å²) in [4.78, 5) is 18.0. The molecule has 0 bridgehead atoms. The van der Waals surface area contributed by atoms with Crippen LogP contribution in [-0.2, 0) is 0 Å². The minimum atomic E-state index is -0.437. The molecule has 1 amide bonds. The van der Waals surface area contributed by atoms with E-state index in [2.05, 4.69) is 16.8 Å². The molecule has 1 unspecified atom stereocenters. The molecule has 0 saturated carbocycles. The lowest BCUT2D eigenvalue weighted by molar-refractivity contribution is 0.0473. The summed E-state index contributed by atoms with van der Waals surface area (Å²) >= 11 is 0. The Morgan fingerprint density at radius 1 is 1.50 bits per heavy atom. The molecule has 2 N–H and O–H groups in total. The Morgan fingerprint density at radius 2 is 2.35 bits per heavy atom. The smallest absolute Gasteiger partial charge is 0.255 e. The summed E-state index contributed by atoms with van der Waals surface area (Å²) < 4.78 is 0. The summed E-state index contributed by atoms with van der Waals surface area (Å²) in [6.45, 7) is 1.06. The summed E-state index contributed by atoms with van der Waals surface area (Å²) in [7, 11) is 0. The number of aliphatic hydroxyl groups is 2. The van der Waals surface area contributed by atoms with Crippen molar-refractivity contribution >= 4 is 5.91 Å². The van der Waals surface area contributed by atoms with E-state index in [1.165, 1.54) is 6.20 Å². The molecule has 0 aromatic carbocycles. The maximum atomic E-state index is 12.3. The van der Waals surface area contributed by atoms with Gasteiger partial charge in [0.1, 0.15) is 0 Å². The molecule has 1 atom stereocenters. The van der Waals surface area contributed by atoms with Crippen LogP contribution in [-0.4, -0.2) is 51.8 Å². The fourth-order valence-corrected chi connectivity index (χ4v) is 2.17. The molecule has 0 spiro atoms. The van der Waals surface area contributed by atoms with Crippen LogP contribution in [0, 0.1) is 11.8 Å². The van der Waals surface area contributed by atoms with Gasteiger partial charge in [-0.3, -0.25) is 9.78 Å². The molecule has 1 aliphatic rings. The number of amides is 1. The first-order valence-corrected chi connectivity index (χ1v) is 6.73. The molecule has 1 fully saturated rings. The summed E-state index contributed by atoms with van der Waals surface area (Å²) in [5.41, 5.74) is 1.14. The van der Waals surface area contributed by atoms with Crippen molar-refractivity contribution in [3.8, 4) is 11.8 Å². The van der Waals surface area contributed by atoms with Crippen LogP contribution in [0.1, 0.15) is 35.2 Å². The third kappa shape index (κ3) is 3.80. The molecule has 106 valence electrons. The van der Waals surface area contributed by atoms with E-state index in [9.17, 15) is 9.90 Å². The number of piperidine rings is 1. The molecule has 1 aromatic rings. The van der Waals surface area contributed by atoms with Crippen LogP contribution in [0.2, 0.25) is 0 Å². The predicted octanol–water partition coefficient (Wildman–Crippen LogP) is 0.412. The summed E-state index contributed by atoms with van der Waals surface area (Å²) in [6.07, 6.45) is 4.63. The summed E-state index contributed by atoms with van der Waals surface area (Å²) in [6, 6.07) is 1.70. The lowest BCUT2D eigenvalue weighted by atomic mass is 10.1. The highest BCUT2D eigenvalue weighted by atomic mass is 16.3. The monoisotopic (exact) mass is 274 g/mol. The van der Waals surface area contributed by atoms with Crippen LogP contribution < -0.4 is 0 Å². The van der Waals surface area contributed by atoms with E-state index >= 15 is 0 Å². The van der Waals surface area contributed by atoms with Crippen molar-refractivity contribution in [1.82, 2.24) is 9.88 Å². The number of hydrogen-bond acceptors (Lipinski definition) is 4. The number of carbonyl (C=O) groups is 1. The van der Waals surface area contributed by atoms with E-state index in [4.69, 9.17) is 5.11 Å². The zero-order valence-electron chi connectivity index (χ0n) is 11.2. The zero-order chi connectivity index (χ0) is 14.4. The van der Waals surface area contributed by atoms with Gasteiger partial charge in [-0.15, -0.1) is 0 Å². The lowest BCUT2D eigenvalue weighted by Gasteiger charge is -2.30. The topological polar surface area (TPSA) is 73.7 Å². The van der Waals surface area contributed by atoms with E-state index in [0.717, 1.165) is 12.8 Å². The first-order chi connectivity index (χ1) is 9.70. The standard InChI is InChI=1S/C15H18N2O3/c18-7-2-1-4-12-8-13(10-16-9-12)15(20)17-6-3-5-14(19)11-17/h8-10,14,18-19H,2-3,5-7,11H2. The first kappa shape index (κ1) is 14.5. The molecular formula is C15H18N2O3. The number of likely N-dealkylation sites (tertiary alicyclic amines) is 1. The molecule has 20 heavy (non-hydrogen) atoms.